The van der Waals surface area contributed by atoms with Gasteiger partial charge in [0.1, 0.15) is 11.6 Å². The smallest absolute Gasteiger partial charge is 0.338 e. The van der Waals surface area contributed by atoms with Crippen LogP contribution in [0.2, 0.25) is 0 Å². The first kappa shape index (κ1) is 12.8. The average molecular weight is 275 g/mol. The molecule has 1 N–H and O–H groups in total. The molecule has 3 rings (SSSR count). The maximum absolute atomic E-state index is 13.6. The van der Waals surface area contributed by atoms with Gasteiger partial charge in [-0.15, -0.1) is 0 Å². The molecular formula is C14H14FN3O2. The van der Waals surface area contributed by atoms with E-state index < -0.39 is 11.8 Å². The molecule has 6 heteroatoms. The Labute approximate surface area is 115 Å². The van der Waals surface area contributed by atoms with Crippen molar-refractivity contribution in [3.63, 3.8) is 0 Å². The van der Waals surface area contributed by atoms with Crippen molar-refractivity contribution in [2.45, 2.75) is 19.6 Å². The summed E-state index contributed by atoms with van der Waals surface area (Å²) in [7, 11) is 0. The summed E-state index contributed by atoms with van der Waals surface area (Å²) in [5.41, 5.74) is 0.482. The number of aromatic nitrogens is 2. The Kier molecular flexibility index (Phi) is 3.23. The number of fused-ring (bicyclic) bond motifs is 1. The number of aromatic carboxylic acids is 1. The van der Waals surface area contributed by atoms with Crippen molar-refractivity contribution in [1.29, 1.82) is 0 Å². The summed E-state index contributed by atoms with van der Waals surface area (Å²) in [5.74, 6) is -0.929. The minimum Gasteiger partial charge on any atom is -0.478 e. The lowest BCUT2D eigenvalue weighted by molar-refractivity contribution is 0.0692. The summed E-state index contributed by atoms with van der Waals surface area (Å²) in [6.07, 6.45) is 3.73. The SMILES string of the molecule is O=C(O)c1ccc(CN2CCn3ccnc3C2)cc1F. The fourth-order valence-electron chi connectivity index (χ4n) is 2.45. The van der Waals surface area contributed by atoms with Gasteiger partial charge in [-0.25, -0.2) is 14.2 Å². The van der Waals surface area contributed by atoms with Gasteiger partial charge < -0.3 is 9.67 Å². The van der Waals surface area contributed by atoms with E-state index in [0.717, 1.165) is 31.0 Å². The lowest BCUT2D eigenvalue weighted by Crippen LogP contribution is -2.33. The molecule has 1 aromatic carbocycles. The van der Waals surface area contributed by atoms with E-state index in [4.69, 9.17) is 5.11 Å². The molecule has 1 aliphatic heterocycles. The Bertz CT molecular complexity index is 654. The number of carboxylic acids is 1. The number of benzene rings is 1. The second kappa shape index (κ2) is 5.05. The Morgan fingerprint density at radius 3 is 3.00 bits per heavy atom. The molecule has 0 bridgehead atoms. The van der Waals surface area contributed by atoms with E-state index in [-0.39, 0.29) is 5.56 Å². The van der Waals surface area contributed by atoms with Crippen molar-refractivity contribution >= 4 is 5.97 Å². The van der Waals surface area contributed by atoms with Crippen molar-refractivity contribution in [1.82, 2.24) is 14.5 Å². The summed E-state index contributed by atoms with van der Waals surface area (Å²) in [5, 5.41) is 8.80. The molecule has 0 radical (unpaired) electrons. The highest BCUT2D eigenvalue weighted by molar-refractivity contribution is 5.87. The molecule has 1 aliphatic rings. The minimum atomic E-state index is -1.24. The van der Waals surface area contributed by atoms with E-state index in [1.807, 2.05) is 6.20 Å². The standard InChI is InChI=1S/C14H14FN3O2/c15-12-7-10(1-2-11(12)14(19)20)8-17-5-6-18-4-3-16-13(18)9-17/h1-4,7H,5-6,8-9H2,(H,19,20). The summed E-state index contributed by atoms with van der Waals surface area (Å²) in [4.78, 5) is 17.2. The number of carboxylic acid groups (broad SMARTS) is 1. The van der Waals surface area contributed by atoms with Crippen LogP contribution < -0.4 is 0 Å². The van der Waals surface area contributed by atoms with E-state index in [1.165, 1.54) is 12.1 Å². The topological polar surface area (TPSA) is 58.4 Å². The predicted octanol–water partition coefficient (Wildman–Crippen LogP) is 1.74. The summed E-state index contributed by atoms with van der Waals surface area (Å²) in [6.45, 7) is 3.04. The van der Waals surface area contributed by atoms with Crippen LogP contribution in [0.15, 0.2) is 30.6 Å². The van der Waals surface area contributed by atoms with E-state index in [0.29, 0.717) is 6.54 Å². The minimum absolute atomic E-state index is 0.289. The first-order valence-electron chi connectivity index (χ1n) is 6.37. The van der Waals surface area contributed by atoms with Gasteiger partial charge in [0.2, 0.25) is 0 Å². The first-order chi connectivity index (χ1) is 9.63. The zero-order valence-corrected chi connectivity index (χ0v) is 10.8. The third-order valence-corrected chi connectivity index (χ3v) is 3.49. The van der Waals surface area contributed by atoms with E-state index in [1.54, 1.807) is 12.3 Å². The Hall–Kier alpha value is -2.21. The predicted molar refractivity (Wildman–Crippen MR) is 69.7 cm³/mol. The van der Waals surface area contributed by atoms with E-state index in [2.05, 4.69) is 14.5 Å². The van der Waals surface area contributed by atoms with Crippen LogP contribution >= 0.6 is 0 Å². The third kappa shape index (κ3) is 2.42. The van der Waals surface area contributed by atoms with Gasteiger partial charge in [0.15, 0.2) is 0 Å². The van der Waals surface area contributed by atoms with Crippen LogP contribution in [-0.2, 0) is 19.6 Å². The molecule has 1 aromatic heterocycles. The Morgan fingerprint density at radius 1 is 1.40 bits per heavy atom. The van der Waals surface area contributed by atoms with Gasteiger partial charge in [-0.3, -0.25) is 4.90 Å². The van der Waals surface area contributed by atoms with E-state index >= 15 is 0 Å². The van der Waals surface area contributed by atoms with Crippen LogP contribution in [0, 0.1) is 5.82 Å². The Morgan fingerprint density at radius 2 is 2.25 bits per heavy atom. The zero-order valence-electron chi connectivity index (χ0n) is 10.8. The number of hydrogen-bond acceptors (Lipinski definition) is 3. The highest BCUT2D eigenvalue weighted by atomic mass is 19.1. The fraction of sp³-hybridized carbons (Fsp3) is 0.286. The second-order valence-corrected chi connectivity index (χ2v) is 4.87. The fourth-order valence-corrected chi connectivity index (χ4v) is 2.45. The molecule has 0 fully saturated rings. The zero-order chi connectivity index (χ0) is 14.1. The lowest BCUT2D eigenvalue weighted by Gasteiger charge is -2.27. The largest absolute Gasteiger partial charge is 0.478 e. The van der Waals surface area contributed by atoms with Crippen LogP contribution in [0.5, 0.6) is 0 Å². The molecule has 5 nitrogen and oxygen atoms in total. The van der Waals surface area contributed by atoms with Crippen LogP contribution in [0.1, 0.15) is 21.7 Å². The molecule has 20 heavy (non-hydrogen) atoms. The number of carbonyl (C=O) groups is 1. The molecule has 0 saturated carbocycles. The number of nitrogens with zero attached hydrogens (tertiary/aromatic N) is 3. The van der Waals surface area contributed by atoms with Crippen LogP contribution in [0.4, 0.5) is 4.39 Å². The number of halogens is 1. The van der Waals surface area contributed by atoms with Crippen molar-refractivity contribution in [3.8, 4) is 0 Å². The van der Waals surface area contributed by atoms with Gasteiger partial charge in [-0.2, -0.15) is 0 Å². The maximum Gasteiger partial charge on any atom is 0.338 e. The molecular weight excluding hydrogens is 261 g/mol. The average Bonchev–Trinajstić information content (AvgIpc) is 2.85. The molecule has 0 unspecified atom stereocenters. The van der Waals surface area contributed by atoms with Gasteiger partial charge in [0.05, 0.1) is 12.1 Å². The third-order valence-electron chi connectivity index (χ3n) is 3.49. The molecule has 104 valence electrons. The number of rotatable bonds is 3. The van der Waals surface area contributed by atoms with E-state index in [9.17, 15) is 9.18 Å². The van der Waals surface area contributed by atoms with Crippen molar-refractivity contribution in [2.75, 3.05) is 6.54 Å². The van der Waals surface area contributed by atoms with Gasteiger partial charge >= 0.3 is 5.97 Å². The normalized spacial score (nSPS) is 15.1. The quantitative estimate of drug-likeness (QED) is 0.927. The Balaban J connectivity index is 1.73. The molecule has 0 spiro atoms. The molecule has 0 atom stereocenters. The molecule has 2 aromatic rings. The molecule has 0 aliphatic carbocycles. The molecule has 2 heterocycles. The highest BCUT2D eigenvalue weighted by Crippen LogP contribution is 2.16. The van der Waals surface area contributed by atoms with Crippen molar-refractivity contribution < 1.29 is 14.3 Å². The van der Waals surface area contributed by atoms with Gasteiger partial charge in [0, 0.05) is 32.0 Å². The van der Waals surface area contributed by atoms with Crippen molar-refractivity contribution in [3.05, 3.63) is 53.4 Å². The number of hydrogen-bond donors (Lipinski definition) is 1. The molecule has 0 amide bonds. The van der Waals surface area contributed by atoms with Crippen LogP contribution in [-0.4, -0.2) is 32.1 Å². The number of imidazole rings is 1. The second-order valence-electron chi connectivity index (χ2n) is 4.87. The summed E-state index contributed by atoms with van der Waals surface area (Å²) >= 11 is 0. The van der Waals surface area contributed by atoms with Crippen LogP contribution in [0.3, 0.4) is 0 Å². The van der Waals surface area contributed by atoms with Gasteiger partial charge in [-0.1, -0.05) is 6.07 Å². The van der Waals surface area contributed by atoms with Crippen LogP contribution in [0.25, 0.3) is 0 Å². The monoisotopic (exact) mass is 275 g/mol. The van der Waals surface area contributed by atoms with Gasteiger partial charge in [0.25, 0.3) is 0 Å². The van der Waals surface area contributed by atoms with Gasteiger partial charge in [-0.05, 0) is 17.7 Å². The summed E-state index contributed by atoms with van der Waals surface area (Å²) in [6, 6.07) is 4.27. The lowest BCUT2D eigenvalue weighted by atomic mass is 10.1. The maximum atomic E-state index is 13.6. The highest BCUT2D eigenvalue weighted by Gasteiger charge is 2.17. The van der Waals surface area contributed by atoms with Crippen molar-refractivity contribution in [2.24, 2.45) is 0 Å². The first-order valence-corrected chi connectivity index (χ1v) is 6.37. The summed E-state index contributed by atoms with van der Waals surface area (Å²) < 4.78 is 15.7. The molecule has 0 saturated heterocycles.